The summed E-state index contributed by atoms with van der Waals surface area (Å²) in [5, 5.41) is 4.23. The maximum atomic E-state index is 12.4. The lowest BCUT2D eigenvalue weighted by molar-refractivity contribution is 0.0954. The third kappa shape index (κ3) is 5.00. The minimum Gasteiger partial charge on any atom is -0.351 e. The van der Waals surface area contributed by atoms with Crippen LogP contribution in [0, 0.1) is 5.92 Å². The number of fused-ring (bicyclic) bond motifs is 1. The Labute approximate surface area is 171 Å². The predicted octanol–water partition coefficient (Wildman–Crippen LogP) is 4.98. The van der Waals surface area contributed by atoms with Crippen LogP contribution in [-0.4, -0.2) is 37.0 Å². The molecule has 1 saturated heterocycles. The second kappa shape index (κ2) is 9.35. The third-order valence-corrected chi connectivity index (χ3v) is 6.78. The maximum absolute atomic E-state index is 12.4. The highest BCUT2D eigenvalue weighted by Crippen LogP contribution is 2.25. The topological polar surface area (TPSA) is 32.3 Å². The van der Waals surface area contributed by atoms with Gasteiger partial charge in [0.2, 0.25) is 0 Å². The smallest absolute Gasteiger partial charge is 0.261 e. The van der Waals surface area contributed by atoms with E-state index in [1.165, 1.54) is 42.6 Å². The number of carbonyl (C=O) groups excluding carboxylic acids is 1. The first kappa shape index (κ1) is 19.2. The van der Waals surface area contributed by atoms with Gasteiger partial charge in [0.15, 0.2) is 0 Å². The standard InChI is InChI=1S/C24H28N2OS/c27-24(23-18-21-9-4-5-10-22(21)28-23)25-13-6-14-26-15-11-20(12-16-26)17-19-7-2-1-3-8-19/h1-5,7-10,18,20H,6,11-17H2,(H,25,27). The van der Waals surface area contributed by atoms with Gasteiger partial charge in [-0.05, 0) is 74.3 Å². The molecule has 3 aromatic rings. The Morgan fingerprint density at radius 3 is 2.57 bits per heavy atom. The zero-order chi connectivity index (χ0) is 19.2. The van der Waals surface area contributed by atoms with Crippen LogP contribution in [0.25, 0.3) is 10.1 Å². The van der Waals surface area contributed by atoms with Crippen molar-refractivity contribution in [2.45, 2.75) is 25.7 Å². The van der Waals surface area contributed by atoms with Gasteiger partial charge >= 0.3 is 0 Å². The molecule has 4 heteroatoms. The number of piperidine rings is 1. The number of nitrogens with one attached hydrogen (secondary N) is 1. The lowest BCUT2D eigenvalue weighted by Crippen LogP contribution is -2.36. The summed E-state index contributed by atoms with van der Waals surface area (Å²) in [5.41, 5.74) is 1.46. The molecule has 4 rings (SSSR count). The van der Waals surface area contributed by atoms with Crippen LogP contribution in [0.15, 0.2) is 60.7 Å². The van der Waals surface area contributed by atoms with Crippen molar-refractivity contribution >= 4 is 27.3 Å². The largest absolute Gasteiger partial charge is 0.351 e. The summed E-state index contributed by atoms with van der Waals surface area (Å²) in [6.07, 6.45) is 4.78. The van der Waals surface area contributed by atoms with E-state index in [9.17, 15) is 4.79 Å². The molecule has 1 amide bonds. The van der Waals surface area contributed by atoms with Crippen LogP contribution in [0.1, 0.15) is 34.5 Å². The molecule has 1 fully saturated rings. The SMILES string of the molecule is O=C(NCCCN1CCC(Cc2ccccc2)CC1)c1cc2ccccc2s1. The average molecular weight is 393 g/mol. The quantitative estimate of drug-likeness (QED) is 0.576. The maximum Gasteiger partial charge on any atom is 0.261 e. The zero-order valence-corrected chi connectivity index (χ0v) is 17.1. The van der Waals surface area contributed by atoms with Gasteiger partial charge in [-0.15, -0.1) is 11.3 Å². The zero-order valence-electron chi connectivity index (χ0n) is 16.3. The number of amides is 1. The molecule has 0 spiro atoms. The highest BCUT2D eigenvalue weighted by atomic mass is 32.1. The number of benzene rings is 2. The van der Waals surface area contributed by atoms with Crippen molar-refractivity contribution < 1.29 is 4.79 Å². The molecule has 0 atom stereocenters. The predicted molar refractivity (Wildman–Crippen MR) is 118 cm³/mol. The summed E-state index contributed by atoms with van der Waals surface area (Å²) in [7, 11) is 0. The van der Waals surface area contributed by atoms with E-state index in [1.807, 2.05) is 18.2 Å². The van der Waals surface area contributed by atoms with E-state index >= 15 is 0 Å². The first-order valence-electron chi connectivity index (χ1n) is 10.3. The Hall–Kier alpha value is -2.17. The lowest BCUT2D eigenvalue weighted by atomic mass is 9.90. The lowest BCUT2D eigenvalue weighted by Gasteiger charge is -2.32. The Kier molecular flexibility index (Phi) is 6.40. The molecule has 3 nitrogen and oxygen atoms in total. The molecular weight excluding hydrogens is 364 g/mol. The molecule has 1 aliphatic rings. The summed E-state index contributed by atoms with van der Waals surface area (Å²) >= 11 is 1.57. The molecule has 1 aromatic heterocycles. The second-order valence-corrected chi connectivity index (χ2v) is 8.82. The average Bonchev–Trinajstić information content (AvgIpc) is 3.17. The van der Waals surface area contributed by atoms with Gasteiger partial charge in [-0.2, -0.15) is 0 Å². The van der Waals surface area contributed by atoms with Gasteiger partial charge in [0, 0.05) is 11.2 Å². The van der Waals surface area contributed by atoms with Gasteiger partial charge in [0.25, 0.3) is 5.91 Å². The molecule has 28 heavy (non-hydrogen) atoms. The summed E-state index contributed by atoms with van der Waals surface area (Å²) in [6.45, 7) is 4.19. The highest BCUT2D eigenvalue weighted by Gasteiger charge is 2.19. The molecule has 0 saturated carbocycles. The van der Waals surface area contributed by atoms with Crippen LogP contribution < -0.4 is 5.32 Å². The molecule has 1 N–H and O–H groups in total. The number of rotatable bonds is 7. The van der Waals surface area contributed by atoms with Crippen molar-refractivity contribution in [2.75, 3.05) is 26.2 Å². The fourth-order valence-corrected chi connectivity index (χ4v) is 5.03. The fourth-order valence-electron chi connectivity index (χ4n) is 4.05. The monoisotopic (exact) mass is 392 g/mol. The molecule has 2 aromatic carbocycles. The first-order valence-corrected chi connectivity index (χ1v) is 11.1. The summed E-state index contributed by atoms with van der Waals surface area (Å²) in [5.74, 6) is 0.870. The molecule has 0 bridgehead atoms. The minimum absolute atomic E-state index is 0.0581. The number of carbonyl (C=O) groups is 1. The van der Waals surface area contributed by atoms with Crippen LogP contribution in [0.2, 0.25) is 0 Å². The number of hydrogen-bond acceptors (Lipinski definition) is 3. The normalized spacial score (nSPS) is 15.7. The van der Waals surface area contributed by atoms with Gasteiger partial charge < -0.3 is 10.2 Å². The Morgan fingerprint density at radius 2 is 1.79 bits per heavy atom. The van der Waals surface area contributed by atoms with Crippen LogP contribution in [-0.2, 0) is 6.42 Å². The van der Waals surface area contributed by atoms with Gasteiger partial charge in [-0.3, -0.25) is 4.79 Å². The Morgan fingerprint density at radius 1 is 1.04 bits per heavy atom. The van der Waals surface area contributed by atoms with Crippen LogP contribution in [0.3, 0.4) is 0 Å². The molecule has 1 aliphatic heterocycles. The van der Waals surface area contributed by atoms with E-state index in [4.69, 9.17) is 0 Å². The van der Waals surface area contributed by atoms with Crippen molar-refractivity contribution in [3.8, 4) is 0 Å². The second-order valence-electron chi connectivity index (χ2n) is 7.73. The number of thiophene rings is 1. The summed E-state index contributed by atoms with van der Waals surface area (Å²) < 4.78 is 1.17. The first-order chi connectivity index (χ1) is 13.8. The molecule has 2 heterocycles. The van der Waals surface area contributed by atoms with Crippen LogP contribution in [0.4, 0.5) is 0 Å². The highest BCUT2D eigenvalue weighted by molar-refractivity contribution is 7.20. The van der Waals surface area contributed by atoms with Crippen molar-refractivity contribution in [2.24, 2.45) is 5.92 Å². The van der Waals surface area contributed by atoms with E-state index in [0.29, 0.717) is 0 Å². The molecule has 0 unspecified atom stereocenters. The van der Waals surface area contributed by atoms with E-state index < -0.39 is 0 Å². The summed E-state index contributed by atoms with van der Waals surface area (Å²) in [4.78, 5) is 15.7. The Balaban J connectivity index is 1.14. The third-order valence-electron chi connectivity index (χ3n) is 5.66. The molecule has 0 aliphatic carbocycles. The van der Waals surface area contributed by atoms with Crippen LogP contribution >= 0.6 is 11.3 Å². The van der Waals surface area contributed by atoms with Crippen molar-refractivity contribution in [1.29, 1.82) is 0 Å². The van der Waals surface area contributed by atoms with E-state index in [1.54, 1.807) is 11.3 Å². The molecule has 146 valence electrons. The van der Waals surface area contributed by atoms with Crippen molar-refractivity contribution in [3.63, 3.8) is 0 Å². The van der Waals surface area contributed by atoms with E-state index in [2.05, 4.69) is 52.7 Å². The van der Waals surface area contributed by atoms with E-state index in [-0.39, 0.29) is 5.91 Å². The van der Waals surface area contributed by atoms with Gasteiger partial charge in [0.05, 0.1) is 4.88 Å². The van der Waals surface area contributed by atoms with Gasteiger partial charge in [-0.25, -0.2) is 0 Å². The number of hydrogen-bond donors (Lipinski definition) is 1. The minimum atomic E-state index is 0.0581. The molecule has 0 radical (unpaired) electrons. The van der Waals surface area contributed by atoms with E-state index in [0.717, 1.165) is 35.7 Å². The number of nitrogens with zero attached hydrogens (tertiary/aromatic N) is 1. The van der Waals surface area contributed by atoms with Crippen molar-refractivity contribution in [3.05, 3.63) is 71.1 Å². The number of likely N-dealkylation sites (tertiary alicyclic amines) is 1. The van der Waals surface area contributed by atoms with Crippen LogP contribution in [0.5, 0.6) is 0 Å². The Bertz CT molecular complexity index is 864. The fraction of sp³-hybridized carbons (Fsp3) is 0.375. The molecular formula is C24H28N2OS. The van der Waals surface area contributed by atoms with Crippen molar-refractivity contribution in [1.82, 2.24) is 10.2 Å². The van der Waals surface area contributed by atoms with Gasteiger partial charge in [0.1, 0.15) is 0 Å². The summed E-state index contributed by atoms with van der Waals surface area (Å²) in [6, 6.07) is 21.0. The van der Waals surface area contributed by atoms with Gasteiger partial charge in [-0.1, -0.05) is 48.5 Å².